The van der Waals surface area contributed by atoms with E-state index in [1.807, 2.05) is 16.8 Å². The molecule has 2 aromatic rings. The molecule has 124 valence electrons. The minimum Gasteiger partial charge on any atom is -0.377 e. The molecule has 0 saturated carbocycles. The number of rotatable bonds is 6. The lowest BCUT2D eigenvalue weighted by Crippen LogP contribution is -2.39. The fourth-order valence-corrected chi connectivity index (χ4v) is 2.97. The zero-order valence-electron chi connectivity index (χ0n) is 13.6. The third kappa shape index (κ3) is 3.95. The topological polar surface area (TPSA) is 52.0 Å². The maximum Gasteiger partial charge on any atom is 0.176 e. The Kier molecular flexibility index (Phi) is 5.03. The summed E-state index contributed by atoms with van der Waals surface area (Å²) in [5.41, 5.74) is 1.15. The van der Waals surface area contributed by atoms with Crippen molar-refractivity contribution in [3.63, 3.8) is 0 Å². The Bertz CT molecular complexity index is 641. The van der Waals surface area contributed by atoms with Gasteiger partial charge in [0.1, 0.15) is 18.2 Å². The molecule has 0 amide bonds. The molecule has 0 fully saturated rings. The van der Waals surface area contributed by atoms with E-state index in [4.69, 9.17) is 4.74 Å². The van der Waals surface area contributed by atoms with E-state index in [0.717, 1.165) is 43.1 Å². The SMILES string of the molecule is COCc1nc2n(n1)C[C@@H](NC[C@H](C)c1ccc(F)cc1)CC2. The van der Waals surface area contributed by atoms with Gasteiger partial charge in [0.25, 0.3) is 0 Å². The second-order valence-corrected chi connectivity index (χ2v) is 6.16. The molecule has 2 heterocycles. The predicted octanol–water partition coefficient (Wildman–Crippen LogP) is 2.27. The molecule has 0 bridgehead atoms. The third-order valence-electron chi connectivity index (χ3n) is 4.33. The van der Waals surface area contributed by atoms with Gasteiger partial charge in [-0.15, -0.1) is 0 Å². The summed E-state index contributed by atoms with van der Waals surface area (Å²) in [5, 5.41) is 8.09. The second kappa shape index (κ2) is 7.19. The molecule has 1 aliphatic heterocycles. The summed E-state index contributed by atoms with van der Waals surface area (Å²) in [5.74, 6) is 1.95. The van der Waals surface area contributed by atoms with Crippen LogP contribution in [0.5, 0.6) is 0 Å². The van der Waals surface area contributed by atoms with Crippen LogP contribution in [-0.2, 0) is 24.3 Å². The highest BCUT2D eigenvalue weighted by atomic mass is 19.1. The second-order valence-electron chi connectivity index (χ2n) is 6.16. The predicted molar refractivity (Wildman–Crippen MR) is 85.7 cm³/mol. The Hall–Kier alpha value is -1.79. The van der Waals surface area contributed by atoms with Crippen molar-refractivity contribution in [2.24, 2.45) is 0 Å². The van der Waals surface area contributed by atoms with Crippen LogP contribution in [0.1, 0.15) is 36.5 Å². The monoisotopic (exact) mass is 318 g/mol. The molecule has 6 heteroatoms. The summed E-state index contributed by atoms with van der Waals surface area (Å²) in [6.07, 6.45) is 1.99. The van der Waals surface area contributed by atoms with Gasteiger partial charge in [0.05, 0.1) is 6.54 Å². The average molecular weight is 318 g/mol. The number of nitrogens with one attached hydrogen (secondary N) is 1. The van der Waals surface area contributed by atoms with Crippen LogP contribution in [0.2, 0.25) is 0 Å². The van der Waals surface area contributed by atoms with E-state index in [2.05, 4.69) is 22.3 Å². The number of aromatic nitrogens is 3. The first kappa shape index (κ1) is 16.1. The summed E-state index contributed by atoms with van der Waals surface area (Å²) in [7, 11) is 1.65. The molecule has 1 aliphatic rings. The molecule has 1 N–H and O–H groups in total. The van der Waals surface area contributed by atoms with Crippen molar-refractivity contribution in [1.29, 1.82) is 0 Å². The molecule has 0 spiro atoms. The van der Waals surface area contributed by atoms with E-state index < -0.39 is 0 Å². The maximum absolute atomic E-state index is 13.0. The van der Waals surface area contributed by atoms with E-state index >= 15 is 0 Å². The van der Waals surface area contributed by atoms with Crippen molar-refractivity contribution < 1.29 is 9.13 Å². The highest BCUT2D eigenvalue weighted by molar-refractivity contribution is 5.20. The van der Waals surface area contributed by atoms with Gasteiger partial charge in [-0.05, 0) is 30.0 Å². The largest absolute Gasteiger partial charge is 0.377 e. The molecule has 3 rings (SSSR count). The van der Waals surface area contributed by atoms with E-state index in [9.17, 15) is 4.39 Å². The highest BCUT2D eigenvalue weighted by Gasteiger charge is 2.21. The summed E-state index contributed by atoms with van der Waals surface area (Å²) < 4.78 is 20.1. The maximum atomic E-state index is 13.0. The van der Waals surface area contributed by atoms with Crippen LogP contribution in [0, 0.1) is 5.82 Å². The molecule has 5 nitrogen and oxygen atoms in total. The number of hydrogen-bond donors (Lipinski definition) is 1. The number of methoxy groups -OCH3 is 1. The molecule has 0 saturated heterocycles. The van der Waals surface area contributed by atoms with Crippen molar-refractivity contribution in [2.75, 3.05) is 13.7 Å². The van der Waals surface area contributed by atoms with Crippen molar-refractivity contribution in [3.8, 4) is 0 Å². The number of ether oxygens (including phenoxy) is 1. The van der Waals surface area contributed by atoms with Gasteiger partial charge < -0.3 is 10.1 Å². The normalized spacial score (nSPS) is 18.7. The fourth-order valence-electron chi connectivity index (χ4n) is 2.97. The molecular formula is C17H23FN4O. The lowest BCUT2D eigenvalue weighted by molar-refractivity contribution is 0.177. The third-order valence-corrected chi connectivity index (χ3v) is 4.33. The first-order chi connectivity index (χ1) is 11.2. The van der Waals surface area contributed by atoms with Crippen LogP contribution in [-0.4, -0.2) is 34.5 Å². The molecule has 23 heavy (non-hydrogen) atoms. The van der Waals surface area contributed by atoms with E-state index in [1.54, 1.807) is 7.11 Å². The van der Waals surface area contributed by atoms with Gasteiger partial charge in [-0.25, -0.2) is 14.1 Å². The first-order valence-electron chi connectivity index (χ1n) is 8.06. The lowest BCUT2D eigenvalue weighted by atomic mass is 10.00. The Balaban J connectivity index is 1.54. The van der Waals surface area contributed by atoms with Gasteiger partial charge in [0, 0.05) is 26.1 Å². The van der Waals surface area contributed by atoms with Crippen LogP contribution in [0.15, 0.2) is 24.3 Å². The van der Waals surface area contributed by atoms with E-state index in [1.165, 1.54) is 12.1 Å². The van der Waals surface area contributed by atoms with Crippen LogP contribution >= 0.6 is 0 Å². The Morgan fingerprint density at radius 2 is 2.17 bits per heavy atom. The van der Waals surface area contributed by atoms with Crippen LogP contribution in [0.25, 0.3) is 0 Å². The number of nitrogens with zero attached hydrogens (tertiary/aromatic N) is 3. The number of aryl methyl sites for hydroxylation is 1. The molecule has 2 atom stereocenters. The van der Waals surface area contributed by atoms with Crippen LogP contribution in [0.3, 0.4) is 0 Å². The number of fused-ring (bicyclic) bond motifs is 1. The molecular weight excluding hydrogens is 295 g/mol. The molecule has 1 aromatic carbocycles. The van der Waals surface area contributed by atoms with E-state index in [-0.39, 0.29) is 5.82 Å². The van der Waals surface area contributed by atoms with Crippen molar-refractivity contribution in [3.05, 3.63) is 47.3 Å². The highest BCUT2D eigenvalue weighted by Crippen LogP contribution is 2.17. The van der Waals surface area contributed by atoms with Crippen LogP contribution < -0.4 is 5.32 Å². The van der Waals surface area contributed by atoms with Gasteiger partial charge >= 0.3 is 0 Å². The number of benzene rings is 1. The summed E-state index contributed by atoms with van der Waals surface area (Å²) >= 11 is 0. The van der Waals surface area contributed by atoms with Gasteiger partial charge in [-0.1, -0.05) is 19.1 Å². The summed E-state index contributed by atoms with van der Waals surface area (Å²) in [6.45, 7) is 4.31. The zero-order chi connectivity index (χ0) is 16.2. The van der Waals surface area contributed by atoms with E-state index in [0.29, 0.717) is 18.6 Å². The average Bonchev–Trinajstić information content (AvgIpc) is 2.95. The lowest BCUT2D eigenvalue weighted by Gasteiger charge is -2.25. The van der Waals surface area contributed by atoms with Crippen molar-refractivity contribution in [1.82, 2.24) is 20.1 Å². The Labute approximate surface area is 135 Å². The Morgan fingerprint density at radius 3 is 2.91 bits per heavy atom. The molecule has 1 aromatic heterocycles. The smallest absolute Gasteiger partial charge is 0.176 e. The summed E-state index contributed by atoms with van der Waals surface area (Å²) in [6, 6.07) is 7.14. The van der Waals surface area contributed by atoms with Crippen molar-refractivity contribution >= 4 is 0 Å². The number of halogens is 1. The molecule has 0 unspecified atom stereocenters. The van der Waals surface area contributed by atoms with Gasteiger partial charge in [0.2, 0.25) is 0 Å². The minimum absolute atomic E-state index is 0.188. The minimum atomic E-state index is -0.188. The van der Waals surface area contributed by atoms with Gasteiger partial charge in [-0.3, -0.25) is 0 Å². The quantitative estimate of drug-likeness (QED) is 0.888. The number of hydrogen-bond acceptors (Lipinski definition) is 4. The summed E-state index contributed by atoms with van der Waals surface area (Å²) in [4.78, 5) is 4.49. The molecule has 0 radical (unpaired) electrons. The zero-order valence-corrected chi connectivity index (χ0v) is 13.6. The molecule has 0 aliphatic carbocycles. The standard InChI is InChI=1S/C17H23FN4O/c1-12(13-3-5-14(18)6-4-13)9-19-15-7-8-17-20-16(11-23-2)21-22(17)10-15/h3-6,12,15,19H,7-11H2,1-2H3/t12-,15-/m0/s1. The Morgan fingerprint density at radius 1 is 1.39 bits per heavy atom. The fraction of sp³-hybridized carbons (Fsp3) is 0.529. The first-order valence-corrected chi connectivity index (χ1v) is 8.06. The van der Waals surface area contributed by atoms with Crippen LogP contribution in [0.4, 0.5) is 4.39 Å². The van der Waals surface area contributed by atoms with Gasteiger partial charge in [-0.2, -0.15) is 5.10 Å². The van der Waals surface area contributed by atoms with Gasteiger partial charge in [0.15, 0.2) is 5.82 Å². The van der Waals surface area contributed by atoms with Crippen molar-refractivity contribution in [2.45, 2.75) is 44.9 Å².